The monoisotopic (exact) mass is 383 g/mol. The van der Waals surface area contributed by atoms with E-state index in [1.54, 1.807) is 31.5 Å². The number of rotatable bonds is 7. The van der Waals surface area contributed by atoms with Gasteiger partial charge in [-0.3, -0.25) is 0 Å². The second-order valence-electron chi connectivity index (χ2n) is 5.71. The van der Waals surface area contributed by atoms with Crippen molar-refractivity contribution in [3.63, 3.8) is 0 Å². The number of ether oxygens (including phenoxy) is 4. The van der Waals surface area contributed by atoms with E-state index < -0.39 is 0 Å². The van der Waals surface area contributed by atoms with E-state index in [0.717, 1.165) is 5.39 Å². The zero-order valence-electron chi connectivity index (χ0n) is 15.5. The maximum Gasteiger partial charge on any atom is 0.264 e. The van der Waals surface area contributed by atoms with Crippen LogP contribution in [0.3, 0.4) is 0 Å². The molecule has 0 bridgehead atoms. The highest BCUT2D eigenvalue weighted by Crippen LogP contribution is 2.43. The molecule has 0 spiro atoms. The fourth-order valence-electron chi connectivity index (χ4n) is 2.78. The minimum absolute atomic E-state index is 0.0995. The normalized spacial score (nSPS) is 10.8. The molecule has 4 rings (SSSR count). The predicted octanol–water partition coefficient (Wildman–Crippen LogP) is 3.48. The van der Waals surface area contributed by atoms with E-state index >= 15 is 0 Å². The van der Waals surface area contributed by atoms with Crippen LogP contribution in [0.1, 0.15) is 5.89 Å². The zero-order valence-corrected chi connectivity index (χ0v) is 15.5. The molecule has 0 atom stereocenters. The van der Waals surface area contributed by atoms with Crippen LogP contribution in [0.4, 0.5) is 0 Å². The highest BCUT2D eigenvalue weighted by Gasteiger charge is 2.20. The van der Waals surface area contributed by atoms with Crippen LogP contribution in [-0.4, -0.2) is 36.6 Å². The van der Waals surface area contributed by atoms with E-state index in [9.17, 15) is 0 Å². The molecule has 0 saturated carbocycles. The lowest BCUT2D eigenvalue weighted by molar-refractivity contribution is 0.243. The number of benzene rings is 2. The van der Waals surface area contributed by atoms with Gasteiger partial charge in [-0.05, 0) is 24.3 Å². The lowest BCUT2D eigenvalue weighted by atomic mass is 10.1. The van der Waals surface area contributed by atoms with Crippen molar-refractivity contribution < 1.29 is 28.0 Å². The second-order valence-corrected chi connectivity index (χ2v) is 5.71. The third-order valence-electron chi connectivity index (χ3n) is 4.10. The van der Waals surface area contributed by atoms with Crippen molar-refractivity contribution in [2.45, 2.75) is 6.61 Å². The summed E-state index contributed by atoms with van der Waals surface area (Å²) < 4.78 is 32.2. The molecule has 0 amide bonds. The molecule has 0 aliphatic rings. The molecule has 9 nitrogen and oxygen atoms in total. The molecule has 0 fully saturated rings. The first-order chi connectivity index (χ1) is 13.7. The smallest absolute Gasteiger partial charge is 0.264 e. The van der Waals surface area contributed by atoms with Crippen molar-refractivity contribution in [3.05, 3.63) is 42.4 Å². The lowest BCUT2D eigenvalue weighted by Gasteiger charge is -2.13. The van der Waals surface area contributed by atoms with Gasteiger partial charge >= 0.3 is 0 Å². The van der Waals surface area contributed by atoms with Crippen LogP contribution in [0.2, 0.25) is 0 Å². The van der Waals surface area contributed by atoms with Crippen molar-refractivity contribution in [2.75, 3.05) is 21.3 Å². The average molecular weight is 383 g/mol. The molecule has 0 unspecified atom stereocenters. The summed E-state index contributed by atoms with van der Waals surface area (Å²) >= 11 is 0. The summed E-state index contributed by atoms with van der Waals surface area (Å²) in [6.07, 6.45) is 1.64. The van der Waals surface area contributed by atoms with Gasteiger partial charge in [0.1, 0.15) is 5.75 Å². The van der Waals surface area contributed by atoms with Gasteiger partial charge in [-0.15, -0.1) is 0 Å². The van der Waals surface area contributed by atoms with E-state index in [0.29, 0.717) is 45.9 Å². The second kappa shape index (κ2) is 7.47. The van der Waals surface area contributed by atoms with E-state index in [2.05, 4.69) is 15.3 Å². The molecule has 9 heteroatoms. The maximum absolute atomic E-state index is 5.70. The molecule has 0 radical (unpaired) electrons. The Morgan fingerprint density at radius 3 is 2.57 bits per heavy atom. The van der Waals surface area contributed by atoms with Crippen LogP contribution in [0.15, 0.2) is 45.6 Å². The number of nitrogens with zero attached hydrogens (tertiary/aromatic N) is 3. The summed E-state index contributed by atoms with van der Waals surface area (Å²) in [6, 6.07) is 8.93. The first-order valence-electron chi connectivity index (χ1n) is 8.32. The first-order valence-corrected chi connectivity index (χ1v) is 8.32. The van der Waals surface area contributed by atoms with Crippen molar-refractivity contribution in [2.24, 2.45) is 0 Å². The van der Waals surface area contributed by atoms with E-state index in [1.165, 1.54) is 14.2 Å². The summed E-state index contributed by atoms with van der Waals surface area (Å²) in [5.74, 6) is 2.70. The minimum atomic E-state index is 0.0995. The van der Waals surface area contributed by atoms with Crippen molar-refractivity contribution in [1.82, 2.24) is 15.3 Å². The summed E-state index contributed by atoms with van der Waals surface area (Å²) in [4.78, 5) is 4.37. The fourth-order valence-corrected chi connectivity index (χ4v) is 2.78. The quantitative estimate of drug-likeness (QED) is 0.474. The van der Waals surface area contributed by atoms with Gasteiger partial charge in [0, 0.05) is 11.5 Å². The Labute approximate surface area is 159 Å². The Hall–Kier alpha value is -3.75. The number of methoxy groups -OCH3 is 3. The Kier molecular flexibility index (Phi) is 4.71. The lowest BCUT2D eigenvalue weighted by Crippen LogP contribution is -1.98. The summed E-state index contributed by atoms with van der Waals surface area (Å²) in [6.45, 7) is 0.0995. The van der Waals surface area contributed by atoms with Crippen molar-refractivity contribution in [3.8, 4) is 34.4 Å². The number of hydrogen-bond acceptors (Lipinski definition) is 9. The minimum Gasteiger partial charge on any atom is -0.493 e. The molecule has 144 valence electrons. The van der Waals surface area contributed by atoms with Crippen LogP contribution in [-0.2, 0) is 6.61 Å². The van der Waals surface area contributed by atoms with Crippen LogP contribution in [0, 0.1) is 0 Å². The van der Waals surface area contributed by atoms with Crippen LogP contribution in [0.25, 0.3) is 22.4 Å². The molecule has 2 aromatic heterocycles. The molecular weight excluding hydrogens is 366 g/mol. The maximum atomic E-state index is 5.70. The van der Waals surface area contributed by atoms with Crippen LogP contribution in [0.5, 0.6) is 23.0 Å². The molecule has 28 heavy (non-hydrogen) atoms. The fraction of sp³-hybridized carbons (Fsp3) is 0.211. The van der Waals surface area contributed by atoms with Gasteiger partial charge in [-0.2, -0.15) is 4.98 Å². The van der Waals surface area contributed by atoms with Crippen molar-refractivity contribution >= 4 is 11.0 Å². The third-order valence-corrected chi connectivity index (χ3v) is 4.10. The first kappa shape index (κ1) is 17.7. The number of aromatic nitrogens is 3. The molecule has 0 saturated heterocycles. The van der Waals surface area contributed by atoms with E-state index in [4.69, 9.17) is 28.0 Å². The molecule has 0 aliphatic carbocycles. The predicted molar refractivity (Wildman–Crippen MR) is 97.7 cm³/mol. The number of fused-ring (bicyclic) bond motifs is 1. The van der Waals surface area contributed by atoms with E-state index in [-0.39, 0.29) is 6.61 Å². The standard InChI is InChI=1S/C19H17N3O6/c1-23-14-7-6-13(17(24-2)18(14)25-3)19-21-16(28-22-19)10-26-12-5-4-11-9-20-27-15(11)8-12/h4-9H,10H2,1-3H3. The van der Waals surface area contributed by atoms with Gasteiger partial charge in [0.2, 0.25) is 11.6 Å². The Morgan fingerprint density at radius 2 is 1.79 bits per heavy atom. The van der Waals surface area contributed by atoms with Gasteiger partial charge in [0.05, 0.1) is 33.1 Å². The van der Waals surface area contributed by atoms with Crippen LogP contribution >= 0.6 is 0 Å². The molecular formula is C19H17N3O6. The van der Waals surface area contributed by atoms with Gasteiger partial charge < -0.3 is 28.0 Å². The highest BCUT2D eigenvalue weighted by atomic mass is 16.5. The Bertz CT molecular complexity index is 1100. The zero-order chi connectivity index (χ0) is 19.5. The molecule has 0 N–H and O–H groups in total. The van der Waals surface area contributed by atoms with Gasteiger partial charge in [0.15, 0.2) is 23.7 Å². The molecule has 2 heterocycles. The molecule has 2 aromatic carbocycles. The molecule has 4 aromatic rings. The highest BCUT2D eigenvalue weighted by molar-refractivity contribution is 5.77. The summed E-state index contributed by atoms with van der Waals surface area (Å²) in [5, 5.41) is 8.64. The summed E-state index contributed by atoms with van der Waals surface area (Å²) in [7, 11) is 4.62. The summed E-state index contributed by atoms with van der Waals surface area (Å²) in [5.41, 5.74) is 1.25. The third kappa shape index (κ3) is 3.18. The van der Waals surface area contributed by atoms with E-state index in [1.807, 2.05) is 12.1 Å². The van der Waals surface area contributed by atoms with Gasteiger partial charge in [-0.25, -0.2) is 0 Å². The van der Waals surface area contributed by atoms with Gasteiger partial charge in [-0.1, -0.05) is 10.3 Å². The molecule has 0 aliphatic heterocycles. The SMILES string of the molecule is COc1ccc(-c2noc(COc3ccc4cnoc4c3)n2)c(OC)c1OC. The largest absolute Gasteiger partial charge is 0.493 e. The Morgan fingerprint density at radius 1 is 0.929 bits per heavy atom. The Balaban J connectivity index is 1.55. The average Bonchev–Trinajstić information content (AvgIpc) is 3.39. The number of hydrogen-bond donors (Lipinski definition) is 0. The topological polar surface area (TPSA) is 102 Å². The van der Waals surface area contributed by atoms with Gasteiger partial charge in [0.25, 0.3) is 5.89 Å². The van der Waals surface area contributed by atoms with Crippen LogP contribution < -0.4 is 18.9 Å². The van der Waals surface area contributed by atoms with Crippen molar-refractivity contribution in [1.29, 1.82) is 0 Å².